The van der Waals surface area contributed by atoms with Crippen LogP contribution in [-0.4, -0.2) is 16.6 Å². The van der Waals surface area contributed by atoms with Crippen molar-refractivity contribution in [2.45, 2.75) is 37.5 Å². The average molecular weight is 349 g/mol. The van der Waals surface area contributed by atoms with Gasteiger partial charge in [0.05, 0.1) is 6.61 Å². The minimum Gasteiger partial charge on any atom is -0.362 e. The largest absolute Gasteiger partial charge is 0.362 e. The van der Waals surface area contributed by atoms with Crippen molar-refractivity contribution in [3.63, 3.8) is 0 Å². The maximum Gasteiger partial charge on any atom is 0.255 e. The van der Waals surface area contributed by atoms with Crippen molar-refractivity contribution in [1.29, 1.82) is 0 Å². The smallest absolute Gasteiger partial charge is 0.255 e. The quantitative estimate of drug-likeness (QED) is 0.400. The van der Waals surface area contributed by atoms with Crippen LogP contribution in [0, 0.1) is 10.1 Å². The first-order valence-electron chi connectivity index (χ1n) is 8.89. The van der Waals surface area contributed by atoms with Gasteiger partial charge in [0.25, 0.3) is 5.54 Å². The fourth-order valence-electron chi connectivity index (χ4n) is 3.30. The maximum atomic E-state index is 12.0. The van der Waals surface area contributed by atoms with Crippen LogP contribution in [0.25, 0.3) is 6.08 Å². The van der Waals surface area contributed by atoms with E-state index in [1.807, 2.05) is 85.0 Å². The fraction of sp³-hybridized carbons (Fsp3) is 0.273. The molecule has 0 radical (unpaired) electrons. The molecule has 0 saturated heterocycles. The second-order valence-electron chi connectivity index (χ2n) is 6.56. The normalized spacial score (nSPS) is 22.5. The van der Waals surface area contributed by atoms with Gasteiger partial charge in [-0.1, -0.05) is 85.0 Å². The second-order valence-corrected chi connectivity index (χ2v) is 6.56. The number of rotatable bonds is 7. The van der Waals surface area contributed by atoms with Gasteiger partial charge in [0, 0.05) is 17.8 Å². The zero-order chi connectivity index (χ0) is 18.2. The molecule has 0 amide bonds. The molecule has 1 aliphatic carbocycles. The van der Waals surface area contributed by atoms with Gasteiger partial charge in [0.1, 0.15) is 6.10 Å². The summed E-state index contributed by atoms with van der Waals surface area (Å²) in [6.07, 6.45) is 8.67. The van der Waals surface area contributed by atoms with Gasteiger partial charge in [-0.05, 0) is 17.5 Å². The number of nitro groups is 1. The lowest BCUT2D eigenvalue weighted by molar-refractivity contribution is -0.582. The SMILES string of the molecule is O=[N+]([O-])[C@]1(C/C=C/c2ccccc2)CCC=C[C@@H]1OCc1ccccc1. The highest BCUT2D eigenvalue weighted by molar-refractivity contribution is 5.48. The Morgan fingerprint density at radius 1 is 1.12 bits per heavy atom. The van der Waals surface area contributed by atoms with Crippen molar-refractivity contribution >= 4 is 6.08 Å². The molecule has 0 bridgehead atoms. The summed E-state index contributed by atoms with van der Waals surface area (Å²) in [6, 6.07) is 19.6. The molecule has 4 nitrogen and oxygen atoms in total. The summed E-state index contributed by atoms with van der Waals surface area (Å²) in [5.41, 5.74) is 0.942. The van der Waals surface area contributed by atoms with E-state index >= 15 is 0 Å². The maximum absolute atomic E-state index is 12.0. The lowest BCUT2D eigenvalue weighted by Crippen LogP contribution is -2.50. The van der Waals surface area contributed by atoms with Crippen LogP contribution in [0.1, 0.15) is 30.4 Å². The van der Waals surface area contributed by atoms with Crippen LogP contribution in [0.15, 0.2) is 78.9 Å². The molecular weight excluding hydrogens is 326 g/mol. The van der Waals surface area contributed by atoms with Crippen LogP contribution in [0.3, 0.4) is 0 Å². The number of allylic oxidation sites excluding steroid dienone is 1. The molecule has 26 heavy (non-hydrogen) atoms. The summed E-state index contributed by atoms with van der Waals surface area (Å²) in [4.78, 5) is 11.8. The predicted molar refractivity (Wildman–Crippen MR) is 103 cm³/mol. The molecule has 2 atom stereocenters. The van der Waals surface area contributed by atoms with Gasteiger partial charge in [-0.3, -0.25) is 10.1 Å². The Balaban J connectivity index is 1.74. The molecule has 0 unspecified atom stereocenters. The predicted octanol–water partition coefficient (Wildman–Crippen LogP) is 5.04. The summed E-state index contributed by atoms with van der Waals surface area (Å²) in [5.74, 6) is 0. The van der Waals surface area contributed by atoms with E-state index in [9.17, 15) is 10.1 Å². The van der Waals surface area contributed by atoms with E-state index in [-0.39, 0.29) is 4.92 Å². The van der Waals surface area contributed by atoms with Crippen LogP contribution >= 0.6 is 0 Å². The van der Waals surface area contributed by atoms with Crippen molar-refractivity contribution < 1.29 is 9.66 Å². The van der Waals surface area contributed by atoms with Gasteiger partial charge in [0.15, 0.2) is 0 Å². The minimum absolute atomic E-state index is 0.151. The van der Waals surface area contributed by atoms with Crippen LogP contribution in [0.4, 0.5) is 0 Å². The first-order chi connectivity index (χ1) is 12.7. The molecule has 0 heterocycles. The van der Waals surface area contributed by atoms with Gasteiger partial charge < -0.3 is 4.74 Å². The monoisotopic (exact) mass is 349 g/mol. The molecule has 0 saturated carbocycles. The summed E-state index contributed by atoms with van der Waals surface area (Å²) >= 11 is 0. The number of hydrogen-bond acceptors (Lipinski definition) is 3. The van der Waals surface area contributed by atoms with Crippen molar-refractivity contribution in [3.05, 3.63) is 100 Å². The molecule has 0 aliphatic heterocycles. The highest BCUT2D eigenvalue weighted by Crippen LogP contribution is 2.34. The Hall–Kier alpha value is -2.72. The van der Waals surface area contributed by atoms with E-state index in [0.29, 0.717) is 25.9 Å². The molecule has 3 rings (SSSR count). The molecule has 0 aromatic heterocycles. The highest BCUT2D eigenvalue weighted by Gasteiger charge is 2.50. The van der Waals surface area contributed by atoms with Crippen LogP contribution in [-0.2, 0) is 11.3 Å². The Morgan fingerprint density at radius 3 is 2.50 bits per heavy atom. The van der Waals surface area contributed by atoms with E-state index in [1.54, 1.807) is 0 Å². The number of nitrogens with zero attached hydrogens (tertiary/aromatic N) is 1. The molecule has 4 heteroatoms. The standard InChI is InChI=1S/C22H23NO3/c24-23(25)22(17-9-14-19-10-3-1-4-11-19)16-8-7-15-21(22)26-18-20-12-5-2-6-13-20/h1-7,9-15,21H,8,16-18H2/b14-9+/t21-,22-/m0/s1. The van der Waals surface area contributed by atoms with Gasteiger partial charge >= 0.3 is 0 Å². The molecule has 0 N–H and O–H groups in total. The molecule has 0 spiro atoms. The third kappa shape index (κ3) is 4.27. The Kier molecular flexibility index (Phi) is 5.97. The zero-order valence-electron chi connectivity index (χ0n) is 14.7. The summed E-state index contributed by atoms with van der Waals surface area (Å²) in [5, 5.41) is 12.0. The van der Waals surface area contributed by atoms with Crippen molar-refractivity contribution in [1.82, 2.24) is 0 Å². The average Bonchev–Trinajstić information content (AvgIpc) is 2.68. The lowest BCUT2D eigenvalue weighted by Gasteiger charge is -2.33. The van der Waals surface area contributed by atoms with Crippen LogP contribution < -0.4 is 0 Å². The van der Waals surface area contributed by atoms with E-state index in [1.165, 1.54) is 0 Å². The molecule has 2 aromatic carbocycles. The van der Waals surface area contributed by atoms with Crippen molar-refractivity contribution in [2.24, 2.45) is 0 Å². The number of hydrogen-bond donors (Lipinski definition) is 0. The van der Waals surface area contributed by atoms with Crippen molar-refractivity contribution in [2.75, 3.05) is 0 Å². The van der Waals surface area contributed by atoms with E-state index in [2.05, 4.69) is 0 Å². The van der Waals surface area contributed by atoms with E-state index < -0.39 is 11.6 Å². The first-order valence-corrected chi connectivity index (χ1v) is 8.89. The Morgan fingerprint density at radius 2 is 1.81 bits per heavy atom. The van der Waals surface area contributed by atoms with Crippen molar-refractivity contribution in [3.8, 4) is 0 Å². The topological polar surface area (TPSA) is 52.4 Å². The third-order valence-corrected chi connectivity index (χ3v) is 4.80. The molecule has 0 fully saturated rings. The first kappa shape index (κ1) is 18.1. The summed E-state index contributed by atoms with van der Waals surface area (Å²) in [6.45, 7) is 0.369. The molecule has 134 valence electrons. The highest BCUT2D eigenvalue weighted by atomic mass is 16.6. The van der Waals surface area contributed by atoms with Gasteiger partial charge in [-0.2, -0.15) is 0 Å². The van der Waals surface area contributed by atoms with Gasteiger partial charge in [-0.15, -0.1) is 0 Å². The minimum atomic E-state index is -1.12. The number of benzene rings is 2. The lowest BCUT2D eigenvalue weighted by atomic mass is 9.80. The van der Waals surface area contributed by atoms with Crippen LogP contribution in [0.5, 0.6) is 0 Å². The van der Waals surface area contributed by atoms with Gasteiger partial charge in [0.2, 0.25) is 0 Å². The van der Waals surface area contributed by atoms with E-state index in [4.69, 9.17) is 4.74 Å². The fourth-order valence-corrected chi connectivity index (χ4v) is 3.30. The number of ether oxygens (including phenoxy) is 1. The molecule has 2 aromatic rings. The molecule has 1 aliphatic rings. The van der Waals surface area contributed by atoms with E-state index in [0.717, 1.165) is 11.1 Å². The summed E-state index contributed by atoms with van der Waals surface area (Å²) < 4.78 is 5.99. The molecular formula is C22H23NO3. The second kappa shape index (κ2) is 8.59. The third-order valence-electron chi connectivity index (χ3n) is 4.80. The van der Waals surface area contributed by atoms with Gasteiger partial charge in [-0.25, -0.2) is 0 Å². The summed E-state index contributed by atoms with van der Waals surface area (Å²) in [7, 11) is 0. The van der Waals surface area contributed by atoms with Crippen LogP contribution in [0.2, 0.25) is 0 Å². The zero-order valence-corrected chi connectivity index (χ0v) is 14.7. The Bertz CT molecular complexity index is 770. The Labute approximate surface area is 154 Å².